The topological polar surface area (TPSA) is 72.8 Å². The van der Waals surface area contributed by atoms with Gasteiger partial charge in [-0.15, -0.1) is 0 Å². The van der Waals surface area contributed by atoms with Crippen LogP contribution >= 0.6 is 0 Å². The number of carbonyl (C=O) groups excluding carboxylic acids is 2. The Labute approximate surface area is 169 Å². The van der Waals surface area contributed by atoms with Crippen LogP contribution in [0.15, 0.2) is 60.6 Å². The molecule has 0 aliphatic carbocycles. The lowest BCUT2D eigenvalue weighted by atomic mass is 10.0. The molecule has 2 aromatic rings. The number of hydrogen-bond donors (Lipinski definition) is 1. The molecule has 7 nitrogen and oxygen atoms in total. The van der Waals surface area contributed by atoms with Gasteiger partial charge in [0.25, 0.3) is 5.79 Å². The number of hydrogen-bond acceptors (Lipinski definition) is 6. The molecule has 4 rings (SSSR count). The van der Waals surface area contributed by atoms with Crippen LogP contribution in [0.25, 0.3) is 0 Å². The van der Waals surface area contributed by atoms with Crippen molar-refractivity contribution in [3.05, 3.63) is 60.6 Å². The Kier molecular flexibility index (Phi) is 5.05. The van der Waals surface area contributed by atoms with Gasteiger partial charge in [0, 0.05) is 62.9 Å². The zero-order valence-corrected chi connectivity index (χ0v) is 16.6. The van der Waals surface area contributed by atoms with Crippen molar-refractivity contribution < 1.29 is 19.1 Å². The van der Waals surface area contributed by atoms with Crippen molar-refractivity contribution in [2.75, 3.05) is 23.3 Å². The standard InChI is InChI=1S/C22H25N3O4/c1-22(2)28-20(26)19(21(27)29-22)15-23-16-5-7-17(8-6-16)25-13-9-18(10-14-25)24-11-3-4-12-24/h3-8,11-12,15,18,23H,9-10,13-14H2,1-2H3. The second-order valence-corrected chi connectivity index (χ2v) is 7.78. The average molecular weight is 395 g/mol. The fourth-order valence-corrected chi connectivity index (χ4v) is 3.72. The summed E-state index contributed by atoms with van der Waals surface area (Å²) in [7, 11) is 0. The molecule has 0 saturated carbocycles. The molecule has 0 unspecified atom stereocenters. The third-order valence-electron chi connectivity index (χ3n) is 5.25. The van der Waals surface area contributed by atoms with E-state index in [2.05, 4.69) is 39.3 Å². The van der Waals surface area contributed by atoms with E-state index in [1.54, 1.807) is 0 Å². The molecule has 2 saturated heterocycles. The predicted octanol–water partition coefficient (Wildman–Crippen LogP) is 3.46. The van der Waals surface area contributed by atoms with Crippen molar-refractivity contribution in [2.24, 2.45) is 0 Å². The number of ether oxygens (including phenoxy) is 2. The van der Waals surface area contributed by atoms with Crippen LogP contribution in [0.5, 0.6) is 0 Å². The number of anilines is 2. The summed E-state index contributed by atoms with van der Waals surface area (Å²) in [5, 5.41) is 2.97. The Morgan fingerprint density at radius 3 is 2.17 bits per heavy atom. The maximum Gasteiger partial charge on any atom is 0.350 e. The monoisotopic (exact) mass is 395 g/mol. The minimum Gasteiger partial charge on any atom is -0.419 e. The molecule has 29 heavy (non-hydrogen) atoms. The van der Waals surface area contributed by atoms with Crippen LogP contribution in [0.3, 0.4) is 0 Å². The fraction of sp³-hybridized carbons (Fsp3) is 0.364. The smallest absolute Gasteiger partial charge is 0.350 e. The number of piperidine rings is 1. The first kappa shape index (κ1) is 19.1. The molecule has 1 aromatic carbocycles. The van der Waals surface area contributed by atoms with Gasteiger partial charge >= 0.3 is 11.9 Å². The molecule has 0 atom stereocenters. The van der Waals surface area contributed by atoms with E-state index in [0.717, 1.165) is 37.3 Å². The molecule has 0 radical (unpaired) electrons. The summed E-state index contributed by atoms with van der Waals surface area (Å²) in [5.41, 5.74) is 1.78. The lowest BCUT2D eigenvalue weighted by Crippen LogP contribution is -2.42. The Bertz CT molecular complexity index is 886. The van der Waals surface area contributed by atoms with E-state index in [0.29, 0.717) is 6.04 Å². The second-order valence-electron chi connectivity index (χ2n) is 7.78. The minimum atomic E-state index is -1.23. The van der Waals surface area contributed by atoms with Gasteiger partial charge in [0.2, 0.25) is 0 Å². The SMILES string of the molecule is CC1(C)OC(=O)C(=CNc2ccc(N3CCC(n4cccc4)CC3)cc2)C(=O)O1. The van der Waals surface area contributed by atoms with Crippen molar-refractivity contribution in [3.63, 3.8) is 0 Å². The first-order chi connectivity index (χ1) is 13.9. The molecule has 0 bridgehead atoms. The third-order valence-corrected chi connectivity index (χ3v) is 5.25. The van der Waals surface area contributed by atoms with Gasteiger partial charge in [0.1, 0.15) is 0 Å². The summed E-state index contributed by atoms with van der Waals surface area (Å²) in [6.07, 6.45) is 7.82. The highest BCUT2D eigenvalue weighted by atomic mass is 16.7. The van der Waals surface area contributed by atoms with Crippen LogP contribution in [-0.4, -0.2) is 35.4 Å². The molecule has 152 valence electrons. The maximum atomic E-state index is 12.0. The van der Waals surface area contributed by atoms with Crippen molar-refractivity contribution in [1.82, 2.24) is 4.57 Å². The molecule has 2 fully saturated rings. The van der Waals surface area contributed by atoms with Gasteiger partial charge in [0.15, 0.2) is 5.57 Å². The van der Waals surface area contributed by atoms with Crippen molar-refractivity contribution >= 4 is 23.3 Å². The van der Waals surface area contributed by atoms with Gasteiger partial charge in [0.05, 0.1) is 0 Å². The van der Waals surface area contributed by atoms with E-state index in [1.807, 2.05) is 24.3 Å². The van der Waals surface area contributed by atoms with Crippen LogP contribution < -0.4 is 10.2 Å². The Balaban J connectivity index is 1.35. The molecule has 7 heteroatoms. The van der Waals surface area contributed by atoms with Gasteiger partial charge in [-0.3, -0.25) is 0 Å². The van der Waals surface area contributed by atoms with Gasteiger partial charge in [-0.05, 0) is 49.2 Å². The lowest BCUT2D eigenvalue weighted by molar-refractivity contribution is -0.222. The quantitative estimate of drug-likeness (QED) is 0.486. The molecule has 0 spiro atoms. The normalized spacial score (nSPS) is 19.5. The minimum absolute atomic E-state index is 0.152. The van der Waals surface area contributed by atoms with Gasteiger partial charge < -0.3 is 24.3 Å². The van der Waals surface area contributed by atoms with E-state index >= 15 is 0 Å². The van der Waals surface area contributed by atoms with Gasteiger partial charge in [-0.2, -0.15) is 0 Å². The number of aromatic nitrogens is 1. The Morgan fingerprint density at radius 2 is 1.59 bits per heavy atom. The van der Waals surface area contributed by atoms with E-state index in [9.17, 15) is 9.59 Å². The molecular weight excluding hydrogens is 370 g/mol. The highest BCUT2D eigenvalue weighted by Gasteiger charge is 2.38. The number of nitrogens with one attached hydrogen (secondary N) is 1. The molecule has 2 aliphatic heterocycles. The van der Waals surface area contributed by atoms with Crippen molar-refractivity contribution in [2.45, 2.75) is 38.5 Å². The number of rotatable bonds is 4. The van der Waals surface area contributed by atoms with Crippen LogP contribution in [0.2, 0.25) is 0 Å². The second kappa shape index (κ2) is 7.66. The molecule has 2 aliphatic rings. The summed E-state index contributed by atoms with van der Waals surface area (Å²) in [4.78, 5) is 26.3. The summed E-state index contributed by atoms with van der Waals surface area (Å²) >= 11 is 0. The molecule has 1 N–H and O–H groups in total. The van der Waals surface area contributed by atoms with Crippen molar-refractivity contribution in [3.8, 4) is 0 Å². The van der Waals surface area contributed by atoms with Gasteiger partial charge in [-0.25, -0.2) is 9.59 Å². The zero-order valence-electron chi connectivity index (χ0n) is 16.6. The number of esters is 2. The molecule has 0 amide bonds. The fourth-order valence-electron chi connectivity index (χ4n) is 3.72. The maximum absolute atomic E-state index is 12.0. The predicted molar refractivity (Wildman–Crippen MR) is 109 cm³/mol. The number of carbonyl (C=O) groups is 2. The van der Waals surface area contributed by atoms with Crippen LogP contribution in [-0.2, 0) is 19.1 Å². The lowest BCUT2D eigenvalue weighted by Gasteiger charge is -2.34. The van der Waals surface area contributed by atoms with Crippen molar-refractivity contribution in [1.29, 1.82) is 0 Å². The number of nitrogens with zero attached hydrogens (tertiary/aromatic N) is 2. The first-order valence-corrected chi connectivity index (χ1v) is 9.82. The van der Waals surface area contributed by atoms with Crippen LogP contribution in [0.4, 0.5) is 11.4 Å². The average Bonchev–Trinajstić information content (AvgIpc) is 3.22. The number of cyclic esters (lactones) is 2. The largest absolute Gasteiger partial charge is 0.419 e. The Morgan fingerprint density at radius 1 is 1.00 bits per heavy atom. The van der Waals surface area contributed by atoms with E-state index in [-0.39, 0.29) is 5.57 Å². The van der Waals surface area contributed by atoms with E-state index in [1.165, 1.54) is 20.0 Å². The van der Waals surface area contributed by atoms with E-state index < -0.39 is 17.7 Å². The first-order valence-electron chi connectivity index (χ1n) is 9.82. The van der Waals surface area contributed by atoms with E-state index in [4.69, 9.17) is 9.47 Å². The van der Waals surface area contributed by atoms with Crippen LogP contribution in [0.1, 0.15) is 32.7 Å². The zero-order chi connectivity index (χ0) is 20.4. The molecule has 1 aromatic heterocycles. The van der Waals surface area contributed by atoms with Crippen LogP contribution in [0, 0.1) is 0 Å². The highest BCUT2D eigenvalue weighted by molar-refractivity contribution is 6.15. The highest BCUT2D eigenvalue weighted by Crippen LogP contribution is 2.28. The Hall–Kier alpha value is -3.22. The molecule has 3 heterocycles. The number of benzene rings is 1. The third kappa shape index (κ3) is 4.29. The molecular formula is C22H25N3O4. The summed E-state index contributed by atoms with van der Waals surface area (Å²) in [6.45, 7) is 5.06. The summed E-state index contributed by atoms with van der Waals surface area (Å²) < 4.78 is 12.5. The summed E-state index contributed by atoms with van der Waals surface area (Å²) in [5.74, 6) is -2.62. The van der Waals surface area contributed by atoms with Gasteiger partial charge in [-0.1, -0.05) is 0 Å². The summed E-state index contributed by atoms with van der Waals surface area (Å²) in [6, 6.07) is 12.6.